The van der Waals surface area contributed by atoms with E-state index >= 15 is 0 Å². The van der Waals surface area contributed by atoms with Crippen molar-refractivity contribution >= 4 is 41.4 Å². The molecule has 2 amide bonds. The minimum absolute atomic E-state index is 0.186. The fourth-order valence-corrected chi connectivity index (χ4v) is 4.91. The highest BCUT2D eigenvalue weighted by Gasteiger charge is 2.32. The van der Waals surface area contributed by atoms with Crippen molar-refractivity contribution in [3.63, 3.8) is 0 Å². The summed E-state index contributed by atoms with van der Waals surface area (Å²) >= 11 is 12.4. The molecule has 0 saturated carbocycles. The van der Waals surface area contributed by atoms with Crippen molar-refractivity contribution in [2.45, 2.75) is 32.7 Å². The number of hydrogen-bond acceptors (Lipinski definition) is 10. The number of rotatable bonds is 14. The SMILES string of the molecule is CCOc1cc([C@H]2NC(=O)NC(C)=C2C(=O)OC)ccc1OC[C@@H](O)N/N=C\c1cc(Cl)c(OCc2ccc(Cl)cc2)c(OC)c1. The van der Waals surface area contributed by atoms with E-state index in [9.17, 15) is 14.7 Å². The first-order valence-electron chi connectivity index (χ1n) is 14.1. The van der Waals surface area contributed by atoms with Crippen LogP contribution in [-0.2, 0) is 16.1 Å². The molecule has 244 valence electrons. The van der Waals surface area contributed by atoms with Gasteiger partial charge >= 0.3 is 12.0 Å². The Balaban J connectivity index is 1.38. The largest absolute Gasteiger partial charge is 0.493 e. The van der Waals surface area contributed by atoms with Gasteiger partial charge in [-0.05, 0) is 66.9 Å². The van der Waals surface area contributed by atoms with E-state index in [1.807, 2.05) is 12.1 Å². The molecule has 0 saturated heterocycles. The van der Waals surface area contributed by atoms with Gasteiger partial charge in [0.25, 0.3) is 0 Å². The maximum Gasteiger partial charge on any atom is 0.337 e. The number of halogens is 2. The molecule has 0 bridgehead atoms. The van der Waals surface area contributed by atoms with E-state index < -0.39 is 24.3 Å². The number of benzene rings is 3. The highest BCUT2D eigenvalue weighted by molar-refractivity contribution is 6.32. The van der Waals surface area contributed by atoms with Gasteiger partial charge in [0, 0.05) is 10.7 Å². The minimum Gasteiger partial charge on any atom is -0.493 e. The van der Waals surface area contributed by atoms with Gasteiger partial charge in [-0.2, -0.15) is 5.10 Å². The Bertz CT molecular complexity index is 1610. The van der Waals surface area contributed by atoms with Gasteiger partial charge in [-0.3, -0.25) is 5.43 Å². The Morgan fingerprint density at radius 3 is 2.50 bits per heavy atom. The molecular formula is C32H34Cl2N4O8. The Labute approximate surface area is 276 Å². The predicted molar refractivity (Wildman–Crippen MR) is 173 cm³/mol. The van der Waals surface area contributed by atoms with Crippen LogP contribution in [0.1, 0.15) is 36.6 Å². The zero-order valence-corrected chi connectivity index (χ0v) is 27.1. The third kappa shape index (κ3) is 8.75. The van der Waals surface area contributed by atoms with Gasteiger partial charge in [0.1, 0.15) is 13.2 Å². The van der Waals surface area contributed by atoms with Crippen LogP contribution in [-0.4, -0.2) is 57.0 Å². The number of allylic oxidation sites excluding steroid dienone is 1. The molecule has 2 atom stereocenters. The Kier molecular flexibility index (Phi) is 12.0. The van der Waals surface area contributed by atoms with E-state index in [1.165, 1.54) is 20.4 Å². The van der Waals surface area contributed by atoms with Crippen molar-refractivity contribution in [1.82, 2.24) is 16.1 Å². The zero-order valence-electron chi connectivity index (χ0n) is 25.6. The van der Waals surface area contributed by atoms with Crippen molar-refractivity contribution in [3.05, 3.63) is 92.6 Å². The fraction of sp³-hybridized carbons (Fsp3) is 0.281. The van der Waals surface area contributed by atoms with E-state index in [4.69, 9.17) is 46.9 Å². The van der Waals surface area contributed by atoms with Gasteiger partial charge in [0.15, 0.2) is 29.2 Å². The van der Waals surface area contributed by atoms with Crippen molar-refractivity contribution in [3.8, 4) is 23.0 Å². The number of hydrazone groups is 1. The lowest BCUT2D eigenvalue weighted by atomic mass is 9.95. The zero-order chi connectivity index (χ0) is 33.2. The maximum atomic E-state index is 12.5. The lowest BCUT2D eigenvalue weighted by Gasteiger charge is -2.28. The second kappa shape index (κ2) is 16.1. The van der Waals surface area contributed by atoms with Crippen LogP contribution in [0.2, 0.25) is 10.0 Å². The molecule has 4 N–H and O–H groups in total. The fourth-order valence-electron chi connectivity index (χ4n) is 4.51. The molecule has 0 spiro atoms. The number of aliphatic hydroxyl groups excluding tert-OH is 1. The number of nitrogens with one attached hydrogen (secondary N) is 3. The first-order valence-corrected chi connectivity index (χ1v) is 14.9. The molecule has 46 heavy (non-hydrogen) atoms. The Hall–Kier alpha value is -4.65. The smallest absolute Gasteiger partial charge is 0.337 e. The van der Waals surface area contributed by atoms with Crippen molar-refractivity contribution in [1.29, 1.82) is 0 Å². The summed E-state index contributed by atoms with van der Waals surface area (Å²) in [6.07, 6.45) is 0.271. The van der Waals surface area contributed by atoms with Crippen LogP contribution >= 0.6 is 23.2 Å². The average molecular weight is 674 g/mol. The van der Waals surface area contributed by atoms with E-state index in [0.29, 0.717) is 56.5 Å². The van der Waals surface area contributed by atoms with E-state index in [2.05, 4.69) is 21.2 Å². The summed E-state index contributed by atoms with van der Waals surface area (Å²) in [4.78, 5) is 24.6. The van der Waals surface area contributed by atoms with E-state index in [1.54, 1.807) is 56.3 Å². The van der Waals surface area contributed by atoms with Crippen molar-refractivity contribution in [2.75, 3.05) is 27.4 Å². The number of urea groups is 1. The lowest BCUT2D eigenvalue weighted by Crippen LogP contribution is -2.45. The van der Waals surface area contributed by atoms with Crippen LogP contribution in [0.4, 0.5) is 4.79 Å². The van der Waals surface area contributed by atoms with Crippen LogP contribution in [0.15, 0.2) is 71.0 Å². The molecular weight excluding hydrogens is 639 g/mol. The molecule has 0 radical (unpaired) electrons. The van der Waals surface area contributed by atoms with Crippen molar-refractivity contribution in [2.24, 2.45) is 5.10 Å². The van der Waals surface area contributed by atoms with Gasteiger partial charge in [-0.25, -0.2) is 9.59 Å². The summed E-state index contributed by atoms with van der Waals surface area (Å²) in [6.45, 7) is 3.82. The number of amides is 2. The molecule has 14 heteroatoms. The Morgan fingerprint density at radius 1 is 1.04 bits per heavy atom. The molecule has 3 aromatic carbocycles. The molecule has 0 unspecified atom stereocenters. The van der Waals surface area contributed by atoms with E-state index in [0.717, 1.165) is 5.56 Å². The number of hydrogen-bond donors (Lipinski definition) is 4. The molecule has 1 aliphatic rings. The van der Waals surface area contributed by atoms with Crippen LogP contribution < -0.4 is 35.0 Å². The summed E-state index contributed by atoms with van der Waals surface area (Å²) in [5, 5.41) is 20.8. The second-order valence-electron chi connectivity index (χ2n) is 9.86. The maximum absolute atomic E-state index is 12.5. The minimum atomic E-state index is -1.19. The van der Waals surface area contributed by atoms with Crippen LogP contribution in [0, 0.1) is 0 Å². The Morgan fingerprint density at radius 2 is 1.80 bits per heavy atom. The molecule has 12 nitrogen and oxygen atoms in total. The summed E-state index contributed by atoms with van der Waals surface area (Å²) in [7, 11) is 2.77. The number of nitrogens with zero attached hydrogens (tertiary/aromatic N) is 1. The first kappa shape index (κ1) is 34.2. The lowest BCUT2D eigenvalue weighted by molar-refractivity contribution is -0.136. The molecule has 0 fully saturated rings. The number of carbonyl (C=O) groups is 2. The normalized spacial score (nSPS) is 15.1. The topological polar surface area (TPSA) is 149 Å². The van der Waals surface area contributed by atoms with Gasteiger partial charge < -0.3 is 39.4 Å². The van der Waals surface area contributed by atoms with Gasteiger partial charge in [-0.1, -0.05) is 41.4 Å². The summed E-state index contributed by atoms with van der Waals surface area (Å²) < 4.78 is 27.8. The third-order valence-corrected chi connectivity index (χ3v) is 7.19. The summed E-state index contributed by atoms with van der Waals surface area (Å²) in [5.74, 6) is 0.894. The predicted octanol–water partition coefficient (Wildman–Crippen LogP) is 5.10. The van der Waals surface area contributed by atoms with Crippen molar-refractivity contribution < 1.29 is 38.4 Å². The summed E-state index contributed by atoms with van der Waals surface area (Å²) in [5.41, 5.74) is 5.31. The molecule has 3 aromatic rings. The molecule has 1 heterocycles. The highest BCUT2D eigenvalue weighted by Crippen LogP contribution is 2.37. The number of carbonyl (C=O) groups excluding carboxylic acids is 2. The monoisotopic (exact) mass is 672 g/mol. The quantitative estimate of drug-likeness (QED) is 0.0794. The van der Waals surface area contributed by atoms with E-state index in [-0.39, 0.29) is 18.8 Å². The molecule has 0 aliphatic carbocycles. The molecule has 0 aromatic heterocycles. The first-order chi connectivity index (χ1) is 22.1. The summed E-state index contributed by atoms with van der Waals surface area (Å²) in [6, 6.07) is 14.3. The third-order valence-electron chi connectivity index (χ3n) is 6.66. The average Bonchev–Trinajstić information content (AvgIpc) is 3.03. The number of methoxy groups -OCH3 is 2. The standard InChI is InChI=1S/C32H34Cl2N4O8/c1-5-44-25-14-21(29-28(31(40)43-4)18(2)36-32(41)37-29)8-11-24(25)45-17-27(39)38-35-15-20-12-23(34)30(26(13-20)42-3)46-16-19-6-9-22(33)10-7-19/h6-15,27,29,38-39H,5,16-17H2,1-4H3,(H2,36,37,41)/b35-15-/t27-,29-/m1/s1. The molecule has 4 rings (SSSR count). The number of ether oxygens (including phenoxy) is 5. The number of aliphatic hydroxyl groups is 1. The second-order valence-corrected chi connectivity index (χ2v) is 10.7. The molecule has 1 aliphatic heterocycles. The van der Waals surface area contributed by atoms with Crippen LogP contribution in [0.5, 0.6) is 23.0 Å². The number of esters is 1. The van der Waals surface area contributed by atoms with Crippen LogP contribution in [0.25, 0.3) is 0 Å². The van der Waals surface area contributed by atoms with Gasteiger partial charge in [0.05, 0.1) is 43.7 Å². The van der Waals surface area contributed by atoms with Crippen LogP contribution in [0.3, 0.4) is 0 Å². The highest BCUT2D eigenvalue weighted by atomic mass is 35.5. The van der Waals surface area contributed by atoms with Gasteiger partial charge in [-0.15, -0.1) is 0 Å². The van der Waals surface area contributed by atoms with Gasteiger partial charge in [0.2, 0.25) is 0 Å².